The number of anilines is 1. The number of imide groups is 1. The highest BCUT2D eigenvalue weighted by Crippen LogP contribution is 2.28. The molecule has 2 heterocycles. The molecule has 1 N–H and O–H groups in total. The minimum atomic E-state index is -0.854. The SMILES string of the molecule is CCNC(=O)C[C@H]1C(=O)N(c2ccc(C)cc2)C(=O)N1Cc1ccccn1. The van der Waals surface area contributed by atoms with E-state index >= 15 is 0 Å². The maximum absolute atomic E-state index is 13.0. The van der Waals surface area contributed by atoms with Gasteiger partial charge in [-0.2, -0.15) is 0 Å². The van der Waals surface area contributed by atoms with E-state index in [1.165, 1.54) is 4.90 Å². The molecule has 27 heavy (non-hydrogen) atoms. The van der Waals surface area contributed by atoms with Crippen molar-refractivity contribution in [2.24, 2.45) is 0 Å². The number of benzene rings is 1. The van der Waals surface area contributed by atoms with E-state index in [1.54, 1.807) is 30.5 Å². The summed E-state index contributed by atoms with van der Waals surface area (Å²) in [6.07, 6.45) is 1.56. The lowest BCUT2D eigenvalue weighted by Crippen LogP contribution is -2.39. The summed E-state index contributed by atoms with van der Waals surface area (Å²) in [5.74, 6) is -0.661. The summed E-state index contributed by atoms with van der Waals surface area (Å²) in [6.45, 7) is 4.37. The highest BCUT2D eigenvalue weighted by Gasteiger charge is 2.46. The van der Waals surface area contributed by atoms with Gasteiger partial charge in [0.25, 0.3) is 5.91 Å². The Labute approximate surface area is 158 Å². The number of nitrogens with one attached hydrogen (secondary N) is 1. The highest BCUT2D eigenvalue weighted by atomic mass is 16.2. The molecule has 140 valence electrons. The Morgan fingerprint density at radius 1 is 1.15 bits per heavy atom. The average Bonchev–Trinajstić information content (AvgIpc) is 2.88. The van der Waals surface area contributed by atoms with E-state index in [4.69, 9.17) is 0 Å². The topological polar surface area (TPSA) is 82.6 Å². The van der Waals surface area contributed by atoms with Crippen LogP contribution in [0.2, 0.25) is 0 Å². The maximum Gasteiger partial charge on any atom is 0.332 e. The first kappa shape index (κ1) is 18.6. The summed E-state index contributed by atoms with van der Waals surface area (Å²) in [5, 5.41) is 2.69. The number of pyridine rings is 1. The fraction of sp³-hybridized carbons (Fsp3) is 0.300. The quantitative estimate of drug-likeness (QED) is 0.795. The van der Waals surface area contributed by atoms with Crippen LogP contribution in [0.4, 0.5) is 10.5 Å². The standard InChI is InChI=1S/C20H22N4O3/c1-3-21-18(25)12-17-19(26)24(16-9-7-14(2)8-10-16)20(27)23(17)13-15-6-4-5-11-22-15/h4-11,17H,3,12-13H2,1-2H3,(H,21,25)/t17-/m0/s1. The smallest absolute Gasteiger partial charge is 0.332 e. The van der Waals surface area contributed by atoms with Crippen LogP contribution in [-0.2, 0) is 16.1 Å². The van der Waals surface area contributed by atoms with Crippen LogP contribution in [0.15, 0.2) is 48.7 Å². The molecule has 7 heteroatoms. The van der Waals surface area contributed by atoms with Gasteiger partial charge in [0.15, 0.2) is 0 Å². The number of carbonyl (C=O) groups excluding carboxylic acids is 3. The van der Waals surface area contributed by atoms with E-state index in [2.05, 4.69) is 10.3 Å². The summed E-state index contributed by atoms with van der Waals surface area (Å²) in [6, 6.07) is 11.3. The number of urea groups is 1. The van der Waals surface area contributed by atoms with Crippen LogP contribution in [0.25, 0.3) is 0 Å². The lowest BCUT2D eigenvalue weighted by atomic mass is 10.1. The number of aryl methyl sites for hydroxylation is 1. The van der Waals surface area contributed by atoms with Gasteiger partial charge in [-0.25, -0.2) is 9.69 Å². The van der Waals surface area contributed by atoms with Crippen LogP contribution in [0.3, 0.4) is 0 Å². The third-order valence-electron chi connectivity index (χ3n) is 4.42. The van der Waals surface area contributed by atoms with Gasteiger partial charge in [0, 0.05) is 12.7 Å². The average molecular weight is 366 g/mol. The van der Waals surface area contributed by atoms with Crippen molar-refractivity contribution in [2.75, 3.05) is 11.4 Å². The van der Waals surface area contributed by atoms with Crippen molar-refractivity contribution >= 4 is 23.5 Å². The van der Waals surface area contributed by atoms with Crippen molar-refractivity contribution in [1.29, 1.82) is 0 Å². The lowest BCUT2D eigenvalue weighted by molar-refractivity contribution is -0.127. The Kier molecular flexibility index (Phi) is 5.49. The zero-order valence-corrected chi connectivity index (χ0v) is 15.4. The molecule has 1 aliphatic rings. The van der Waals surface area contributed by atoms with Gasteiger partial charge in [-0.15, -0.1) is 0 Å². The number of amides is 4. The minimum Gasteiger partial charge on any atom is -0.356 e. The summed E-state index contributed by atoms with van der Waals surface area (Å²) in [5.41, 5.74) is 2.19. The predicted octanol–water partition coefficient (Wildman–Crippen LogP) is 2.25. The Bertz CT molecular complexity index is 836. The van der Waals surface area contributed by atoms with Crippen molar-refractivity contribution in [2.45, 2.75) is 32.9 Å². The molecule has 1 aromatic heterocycles. The monoisotopic (exact) mass is 366 g/mol. The van der Waals surface area contributed by atoms with E-state index in [0.717, 1.165) is 10.5 Å². The van der Waals surface area contributed by atoms with Gasteiger partial charge in [-0.1, -0.05) is 23.8 Å². The second-order valence-corrected chi connectivity index (χ2v) is 6.41. The van der Waals surface area contributed by atoms with Crippen LogP contribution in [0, 0.1) is 6.92 Å². The van der Waals surface area contributed by atoms with Gasteiger partial charge in [-0.3, -0.25) is 14.6 Å². The predicted molar refractivity (Wildman–Crippen MR) is 101 cm³/mol. The molecule has 4 amide bonds. The molecule has 1 aliphatic heterocycles. The van der Waals surface area contributed by atoms with Crippen molar-refractivity contribution < 1.29 is 14.4 Å². The molecule has 0 radical (unpaired) electrons. The molecular weight excluding hydrogens is 344 g/mol. The number of hydrogen-bond donors (Lipinski definition) is 1. The number of carbonyl (C=O) groups is 3. The van der Waals surface area contributed by atoms with Crippen molar-refractivity contribution in [1.82, 2.24) is 15.2 Å². The maximum atomic E-state index is 13.0. The van der Waals surface area contributed by atoms with E-state index in [0.29, 0.717) is 17.9 Å². The van der Waals surface area contributed by atoms with Crippen molar-refractivity contribution in [3.63, 3.8) is 0 Å². The van der Waals surface area contributed by atoms with Gasteiger partial charge < -0.3 is 10.2 Å². The van der Waals surface area contributed by atoms with Crippen LogP contribution in [0.5, 0.6) is 0 Å². The van der Waals surface area contributed by atoms with E-state index < -0.39 is 18.0 Å². The molecular formula is C20H22N4O3. The molecule has 0 spiro atoms. The van der Waals surface area contributed by atoms with Gasteiger partial charge in [0.1, 0.15) is 6.04 Å². The fourth-order valence-corrected chi connectivity index (χ4v) is 3.06. The molecule has 7 nitrogen and oxygen atoms in total. The fourth-order valence-electron chi connectivity index (χ4n) is 3.06. The lowest BCUT2D eigenvalue weighted by Gasteiger charge is -2.21. The second kappa shape index (κ2) is 7.99. The molecule has 0 unspecified atom stereocenters. The van der Waals surface area contributed by atoms with Gasteiger partial charge in [-0.05, 0) is 38.1 Å². The van der Waals surface area contributed by atoms with Crippen molar-refractivity contribution in [3.8, 4) is 0 Å². The first-order valence-corrected chi connectivity index (χ1v) is 8.89. The summed E-state index contributed by atoms with van der Waals surface area (Å²) >= 11 is 0. The number of rotatable bonds is 6. The molecule has 1 atom stereocenters. The molecule has 3 rings (SSSR count). The number of hydrogen-bond acceptors (Lipinski definition) is 4. The Morgan fingerprint density at radius 3 is 2.52 bits per heavy atom. The third kappa shape index (κ3) is 3.97. The van der Waals surface area contributed by atoms with Crippen LogP contribution in [-0.4, -0.2) is 40.3 Å². The van der Waals surface area contributed by atoms with Crippen LogP contribution >= 0.6 is 0 Å². The normalized spacial score (nSPS) is 16.7. The van der Waals surface area contributed by atoms with E-state index in [9.17, 15) is 14.4 Å². The molecule has 0 bridgehead atoms. The number of aromatic nitrogens is 1. The molecule has 1 aromatic carbocycles. The summed E-state index contributed by atoms with van der Waals surface area (Å²) in [7, 11) is 0. The van der Waals surface area contributed by atoms with Crippen LogP contribution in [0.1, 0.15) is 24.6 Å². The third-order valence-corrected chi connectivity index (χ3v) is 4.42. The molecule has 1 saturated heterocycles. The first-order chi connectivity index (χ1) is 13.0. The molecule has 0 saturated carbocycles. The van der Waals surface area contributed by atoms with Gasteiger partial charge in [0.05, 0.1) is 24.3 Å². The largest absolute Gasteiger partial charge is 0.356 e. The zero-order valence-electron chi connectivity index (χ0n) is 15.4. The Morgan fingerprint density at radius 2 is 1.89 bits per heavy atom. The van der Waals surface area contributed by atoms with Crippen LogP contribution < -0.4 is 10.2 Å². The molecule has 1 fully saturated rings. The first-order valence-electron chi connectivity index (χ1n) is 8.89. The zero-order chi connectivity index (χ0) is 19.4. The Hall–Kier alpha value is -3.22. The summed E-state index contributed by atoms with van der Waals surface area (Å²) in [4.78, 5) is 44.9. The summed E-state index contributed by atoms with van der Waals surface area (Å²) < 4.78 is 0. The second-order valence-electron chi connectivity index (χ2n) is 6.41. The molecule has 2 aromatic rings. The number of nitrogens with zero attached hydrogens (tertiary/aromatic N) is 3. The van der Waals surface area contributed by atoms with Gasteiger partial charge >= 0.3 is 6.03 Å². The minimum absolute atomic E-state index is 0.0758. The Balaban J connectivity index is 1.91. The van der Waals surface area contributed by atoms with Crippen molar-refractivity contribution in [3.05, 3.63) is 59.9 Å². The van der Waals surface area contributed by atoms with E-state index in [1.807, 2.05) is 32.0 Å². The molecule has 0 aliphatic carbocycles. The van der Waals surface area contributed by atoms with Gasteiger partial charge in [0.2, 0.25) is 5.91 Å². The highest BCUT2D eigenvalue weighted by molar-refractivity contribution is 6.22. The van der Waals surface area contributed by atoms with E-state index in [-0.39, 0.29) is 18.9 Å².